The second-order valence-corrected chi connectivity index (χ2v) is 7.30. The van der Waals surface area contributed by atoms with E-state index in [9.17, 15) is 14.7 Å². The van der Waals surface area contributed by atoms with Crippen LogP contribution in [0.3, 0.4) is 0 Å². The maximum Gasteiger partial charge on any atom is 0.264 e. The number of amides is 1. The summed E-state index contributed by atoms with van der Waals surface area (Å²) in [6.45, 7) is 0.287. The maximum atomic E-state index is 13.2. The normalized spacial score (nSPS) is 18.2. The molecule has 3 aromatic rings. The third-order valence-electron chi connectivity index (χ3n) is 5.01. The van der Waals surface area contributed by atoms with Crippen molar-refractivity contribution in [2.75, 3.05) is 4.90 Å². The fourth-order valence-electron chi connectivity index (χ4n) is 3.57. The minimum atomic E-state index is -1.88. The van der Waals surface area contributed by atoms with Gasteiger partial charge < -0.3 is 10.0 Å². The molecule has 1 aliphatic rings. The molecule has 0 saturated heterocycles. The molecule has 3 aromatic carbocycles. The molecule has 0 bridgehead atoms. The zero-order valence-electron chi connectivity index (χ0n) is 15.0. The number of carbonyl (C=O) groups excluding carboxylic acids is 2. The van der Waals surface area contributed by atoms with Crippen LogP contribution in [0.5, 0.6) is 0 Å². The molecule has 4 rings (SSSR count). The molecular weight excluding hydrogens is 374 g/mol. The lowest BCUT2D eigenvalue weighted by Gasteiger charge is -2.23. The Bertz CT molecular complexity index is 1030. The largest absolute Gasteiger partial charge is 0.375 e. The van der Waals surface area contributed by atoms with Crippen molar-refractivity contribution in [1.82, 2.24) is 0 Å². The van der Waals surface area contributed by atoms with E-state index in [1.54, 1.807) is 54.6 Å². The van der Waals surface area contributed by atoms with E-state index in [0.29, 0.717) is 21.8 Å². The minimum absolute atomic E-state index is 0.278. The molecule has 4 nitrogen and oxygen atoms in total. The number of nitrogens with zero attached hydrogens (tertiary/aromatic N) is 1. The summed E-state index contributed by atoms with van der Waals surface area (Å²) < 4.78 is 0. The molecule has 1 aliphatic heterocycles. The van der Waals surface area contributed by atoms with E-state index >= 15 is 0 Å². The first-order chi connectivity index (χ1) is 13.5. The van der Waals surface area contributed by atoms with Crippen molar-refractivity contribution >= 4 is 29.0 Å². The highest BCUT2D eigenvalue weighted by molar-refractivity contribution is 6.30. The van der Waals surface area contributed by atoms with Crippen molar-refractivity contribution in [1.29, 1.82) is 0 Å². The molecule has 1 atom stereocenters. The van der Waals surface area contributed by atoms with Gasteiger partial charge >= 0.3 is 0 Å². The number of Topliss-reactive ketones (excluding diaryl/α,β-unsaturated/α-hetero) is 1. The van der Waals surface area contributed by atoms with Crippen molar-refractivity contribution in [3.8, 4) is 0 Å². The Labute approximate surface area is 168 Å². The predicted molar refractivity (Wildman–Crippen MR) is 108 cm³/mol. The summed E-state index contributed by atoms with van der Waals surface area (Å²) >= 11 is 5.94. The lowest BCUT2D eigenvalue weighted by atomic mass is 9.88. The predicted octanol–water partition coefficient (Wildman–Crippen LogP) is 4.35. The van der Waals surface area contributed by atoms with Gasteiger partial charge in [-0.2, -0.15) is 0 Å². The summed E-state index contributed by atoms with van der Waals surface area (Å²) in [5, 5.41) is 11.9. The quantitative estimate of drug-likeness (QED) is 0.658. The molecule has 140 valence electrons. The first-order valence-corrected chi connectivity index (χ1v) is 9.33. The number of hydrogen-bond acceptors (Lipinski definition) is 3. The molecule has 1 unspecified atom stereocenters. The Kier molecular flexibility index (Phi) is 4.75. The third kappa shape index (κ3) is 3.21. The van der Waals surface area contributed by atoms with E-state index < -0.39 is 11.5 Å². The number of carbonyl (C=O) groups is 2. The first kappa shape index (κ1) is 18.4. The number of ketones is 1. The molecule has 0 radical (unpaired) electrons. The van der Waals surface area contributed by atoms with Crippen LogP contribution in [0.25, 0.3) is 0 Å². The smallest absolute Gasteiger partial charge is 0.264 e. The molecule has 0 spiro atoms. The zero-order chi connectivity index (χ0) is 19.7. The van der Waals surface area contributed by atoms with Crippen LogP contribution in [-0.2, 0) is 16.9 Å². The Morgan fingerprint density at radius 3 is 2.29 bits per heavy atom. The zero-order valence-corrected chi connectivity index (χ0v) is 15.8. The van der Waals surface area contributed by atoms with Gasteiger partial charge in [-0.25, -0.2) is 0 Å². The molecule has 1 heterocycles. The summed E-state index contributed by atoms with van der Waals surface area (Å²) in [4.78, 5) is 27.5. The molecular formula is C23H18ClNO3. The van der Waals surface area contributed by atoms with Crippen LogP contribution in [0.2, 0.25) is 5.02 Å². The monoisotopic (exact) mass is 391 g/mol. The van der Waals surface area contributed by atoms with Crippen molar-refractivity contribution < 1.29 is 14.7 Å². The molecule has 0 fully saturated rings. The number of aliphatic hydroxyl groups is 1. The second kappa shape index (κ2) is 7.23. The Morgan fingerprint density at radius 1 is 0.929 bits per heavy atom. The third-order valence-corrected chi connectivity index (χ3v) is 5.26. The summed E-state index contributed by atoms with van der Waals surface area (Å²) in [7, 11) is 0. The van der Waals surface area contributed by atoms with Gasteiger partial charge in [-0.05, 0) is 23.8 Å². The maximum absolute atomic E-state index is 13.2. The minimum Gasteiger partial charge on any atom is -0.375 e. The molecule has 1 N–H and O–H groups in total. The van der Waals surface area contributed by atoms with Gasteiger partial charge in [0.15, 0.2) is 11.4 Å². The molecule has 28 heavy (non-hydrogen) atoms. The van der Waals surface area contributed by atoms with E-state index in [4.69, 9.17) is 11.6 Å². The van der Waals surface area contributed by atoms with E-state index in [1.807, 2.05) is 24.3 Å². The molecule has 0 saturated carbocycles. The van der Waals surface area contributed by atoms with Gasteiger partial charge in [-0.3, -0.25) is 9.59 Å². The fraction of sp³-hybridized carbons (Fsp3) is 0.130. The van der Waals surface area contributed by atoms with Gasteiger partial charge in [0.1, 0.15) is 0 Å². The van der Waals surface area contributed by atoms with Crippen molar-refractivity contribution in [3.05, 3.63) is 101 Å². The van der Waals surface area contributed by atoms with Crippen molar-refractivity contribution in [3.63, 3.8) is 0 Å². The highest BCUT2D eigenvalue weighted by Crippen LogP contribution is 2.43. The average molecular weight is 392 g/mol. The summed E-state index contributed by atoms with van der Waals surface area (Å²) in [6.07, 6.45) is -0.302. The van der Waals surface area contributed by atoms with Crippen LogP contribution in [0.1, 0.15) is 27.9 Å². The topological polar surface area (TPSA) is 57.6 Å². The Balaban J connectivity index is 1.68. The van der Waals surface area contributed by atoms with Gasteiger partial charge in [0.2, 0.25) is 0 Å². The number of fused-ring (bicyclic) bond motifs is 1. The number of halogens is 1. The number of para-hydroxylation sites is 1. The van der Waals surface area contributed by atoms with Gasteiger partial charge in [-0.1, -0.05) is 72.3 Å². The SMILES string of the molecule is O=C(CC1(O)C(=O)N(Cc2ccc(Cl)cc2)c2ccccc21)c1ccccc1. The lowest BCUT2D eigenvalue weighted by Crippen LogP contribution is -2.41. The standard InChI is InChI=1S/C23H18ClNO3/c24-18-12-10-16(11-13-18)15-25-20-9-5-4-8-19(20)23(28,22(25)27)14-21(26)17-6-2-1-3-7-17/h1-13,28H,14-15H2. The highest BCUT2D eigenvalue weighted by atomic mass is 35.5. The van der Waals surface area contributed by atoms with Gasteiger partial charge in [-0.15, -0.1) is 0 Å². The number of benzene rings is 3. The van der Waals surface area contributed by atoms with Crippen LogP contribution in [0.4, 0.5) is 5.69 Å². The second-order valence-electron chi connectivity index (χ2n) is 6.86. The van der Waals surface area contributed by atoms with E-state index in [-0.39, 0.29) is 18.7 Å². The highest BCUT2D eigenvalue weighted by Gasteiger charge is 2.50. The van der Waals surface area contributed by atoms with Crippen molar-refractivity contribution in [2.24, 2.45) is 0 Å². The van der Waals surface area contributed by atoms with Gasteiger partial charge in [0, 0.05) is 16.1 Å². The van der Waals surface area contributed by atoms with Crippen LogP contribution in [-0.4, -0.2) is 16.8 Å². The molecule has 0 aliphatic carbocycles. The number of rotatable bonds is 5. The fourth-order valence-corrected chi connectivity index (χ4v) is 3.69. The van der Waals surface area contributed by atoms with E-state index in [0.717, 1.165) is 5.56 Å². The summed E-state index contributed by atoms with van der Waals surface area (Å²) in [5.41, 5.74) is 0.545. The Hall–Kier alpha value is -2.95. The lowest BCUT2D eigenvalue weighted by molar-refractivity contribution is -0.136. The molecule has 5 heteroatoms. The van der Waals surface area contributed by atoms with Crippen LogP contribution < -0.4 is 4.90 Å². The molecule has 0 aromatic heterocycles. The first-order valence-electron chi connectivity index (χ1n) is 8.95. The Morgan fingerprint density at radius 2 is 1.57 bits per heavy atom. The van der Waals surface area contributed by atoms with Gasteiger partial charge in [0.05, 0.1) is 18.7 Å². The summed E-state index contributed by atoms with van der Waals surface area (Å²) in [6, 6.07) is 22.9. The van der Waals surface area contributed by atoms with Crippen LogP contribution >= 0.6 is 11.6 Å². The average Bonchev–Trinajstić information content (AvgIpc) is 2.92. The van der Waals surface area contributed by atoms with Gasteiger partial charge in [0.25, 0.3) is 5.91 Å². The van der Waals surface area contributed by atoms with E-state index in [2.05, 4.69) is 0 Å². The van der Waals surface area contributed by atoms with E-state index in [1.165, 1.54) is 4.90 Å². The number of hydrogen-bond donors (Lipinski definition) is 1. The van der Waals surface area contributed by atoms with Crippen LogP contribution in [0.15, 0.2) is 78.9 Å². The van der Waals surface area contributed by atoms with Crippen LogP contribution in [0, 0.1) is 0 Å². The summed E-state index contributed by atoms with van der Waals surface area (Å²) in [5.74, 6) is -0.771. The van der Waals surface area contributed by atoms with Crippen molar-refractivity contribution in [2.45, 2.75) is 18.6 Å². The number of anilines is 1. The molecule has 1 amide bonds.